The summed E-state index contributed by atoms with van der Waals surface area (Å²) in [5, 5.41) is 13.0. The number of furan rings is 1. The first kappa shape index (κ1) is 27.2. The molecule has 0 saturated carbocycles. The fourth-order valence-corrected chi connectivity index (χ4v) is 5.74. The molecule has 3 aromatic carbocycles. The Morgan fingerprint density at radius 1 is 0.976 bits per heavy atom. The van der Waals surface area contributed by atoms with Crippen LogP contribution < -0.4 is 9.62 Å². The van der Waals surface area contributed by atoms with Gasteiger partial charge in [-0.15, -0.1) is 5.10 Å². The van der Waals surface area contributed by atoms with Crippen LogP contribution in [0.4, 0.5) is 5.69 Å². The molecule has 1 amide bonds. The molecule has 3 heterocycles. The third-order valence-electron chi connectivity index (χ3n) is 7.60. The number of benzene rings is 3. The second-order valence-electron chi connectivity index (χ2n) is 10.3. The van der Waals surface area contributed by atoms with Gasteiger partial charge in [-0.05, 0) is 37.6 Å². The molecular weight excluding hydrogens is 550 g/mol. The van der Waals surface area contributed by atoms with Gasteiger partial charge in [0.05, 0.1) is 29.4 Å². The lowest BCUT2D eigenvalue weighted by atomic mass is 9.98. The van der Waals surface area contributed by atoms with Crippen LogP contribution in [0.5, 0.6) is 0 Å². The molecule has 0 bridgehead atoms. The van der Waals surface area contributed by atoms with Crippen molar-refractivity contribution in [3.63, 3.8) is 0 Å². The Hall–Kier alpha value is -4.96. The van der Waals surface area contributed by atoms with Gasteiger partial charge < -0.3 is 14.7 Å². The number of aromatic nitrogens is 3. The van der Waals surface area contributed by atoms with Crippen LogP contribution in [0.25, 0.3) is 55.7 Å². The van der Waals surface area contributed by atoms with Crippen molar-refractivity contribution in [2.24, 2.45) is 0 Å². The SMILES string of the molecule is CNC(=O)c1c(-c2ccc(C)cc2)oc2cc(N(C)S(C)(=O)=O)c(-c3cnnc(-c4[nH]c5ccccc5c4C)c3)cc12. The second kappa shape index (κ2) is 10.1. The highest BCUT2D eigenvalue weighted by molar-refractivity contribution is 7.92. The van der Waals surface area contributed by atoms with Crippen LogP contribution in [0.3, 0.4) is 0 Å². The molecule has 0 aliphatic heterocycles. The van der Waals surface area contributed by atoms with Gasteiger partial charge in [0.2, 0.25) is 10.0 Å². The van der Waals surface area contributed by atoms with Gasteiger partial charge >= 0.3 is 0 Å². The number of aromatic amines is 1. The van der Waals surface area contributed by atoms with E-state index in [2.05, 4.69) is 20.5 Å². The fraction of sp³-hybridized carbons (Fsp3) is 0.156. The van der Waals surface area contributed by atoms with E-state index in [9.17, 15) is 13.2 Å². The second-order valence-corrected chi connectivity index (χ2v) is 12.4. The average molecular weight is 580 g/mol. The number of carbonyl (C=O) groups is 1. The zero-order valence-electron chi connectivity index (χ0n) is 23.8. The molecule has 0 saturated heterocycles. The largest absolute Gasteiger partial charge is 0.455 e. The molecule has 0 radical (unpaired) electrons. The minimum Gasteiger partial charge on any atom is -0.455 e. The normalized spacial score (nSPS) is 11.7. The van der Waals surface area contributed by atoms with E-state index in [1.54, 1.807) is 25.4 Å². The summed E-state index contributed by atoms with van der Waals surface area (Å²) < 4.78 is 33.0. The summed E-state index contributed by atoms with van der Waals surface area (Å²) in [6, 6.07) is 21.0. The quantitative estimate of drug-likeness (QED) is 0.247. The molecule has 0 aliphatic carbocycles. The third-order valence-corrected chi connectivity index (χ3v) is 8.79. The number of H-pyrrole nitrogens is 1. The van der Waals surface area contributed by atoms with E-state index >= 15 is 0 Å². The van der Waals surface area contributed by atoms with Crippen LogP contribution >= 0.6 is 0 Å². The van der Waals surface area contributed by atoms with Gasteiger partial charge in [0, 0.05) is 53.1 Å². The molecule has 9 nitrogen and oxygen atoms in total. The lowest BCUT2D eigenvalue weighted by molar-refractivity contribution is 0.0964. The summed E-state index contributed by atoms with van der Waals surface area (Å²) in [6.07, 6.45) is 2.73. The number of anilines is 1. The minimum atomic E-state index is -3.65. The topological polar surface area (TPSA) is 121 Å². The summed E-state index contributed by atoms with van der Waals surface area (Å²) in [5.74, 6) is 0.0819. The van der Waals surface area contributed by atoms with Gasteiger partial charge in [-0.2, -0.15) is 5.10 Å². The Bertz CT molecular complexity index is 2110. The van der Waals surface area contributed by atoms with E-state index < -0.39 is 10.0 Å². The van der Waals surface area contributed by atoms with E-state index in [4.69, 9.17) is 4.42 Å². The third kappa shape index (κ3) is 4.59. The van der Waals surface area contributed by atoms with Crippen molar-refractivity contribution in [1.29, 1.82) is 0 Å². The summed E-state index contributed by atoms with van der Waals surface area (Å²) in [4.78, 5) is 16.7. The molecule has 0 unspecified atom stereocenters. The molecule has 2 N–H and O–H groups in total. The number of rotatable bonds is 6. The first-order chi connectivity index (χ1) is 20.1. The molecule has 6 rings (SSSR count). The molecule has 0 atom stereocenters. The Morgan fingerprint density at radius 2 is 1.71 bits per heavy atom. The van der Waals surface area contributed by atoms with Crippen molar-refractivity contribution in [1.82, 2.24) is 20.5 Å². The number of nitrogens with zero attached hydrogens (tertiary/aromatic N) is 3. The van der Waals surface area contributed by atoms with Gasteiger partial charge in [-0.1, -0.05) is 48.0 Å². The fourth-order valence-electron chi connectivity index (χ4n) is 5.24. The zero-order chi connectivity index (χ0) is 29.8. The maximum Gasteiger partial charge on any atom is 0.255 e. The molecule has 0 aliphatic rings. The number of aryl methyl sites for hydroxylation is 2. The van der Waals surface area contributed by atoms with Gasteiger partial charge in [0.25, 0.3) is 5.91 Å². The number of para-hydroxylation sites is 1. The Labute approximate surface area is 243 Å². The molecule has 212 valence electrons. The lowest BCUT2D eigenvalue weighted by Gasteiger charge is -2.20. The molecule has 10 heteroatoms. The number of nitrogens with one attached hydrogen (secondary N) is 2. The van der Waals surface area contributed by atoms with Crippen molar-refractivity contribution < 1.29 is 17.6 Å². The van der Waals surface area contributed by atoms with Crippen molar-refractivity contribution in [2.75, 3.05) is 24.7 Å². The van der Waals surface area contributed by atoms with E-state index in [1.165, 1.54) is 11.4 Å². The predicted molar refractivity (Wildman–Crippen MR) is 166 cm³/mol. The van der Waals surface area contributed by atoms with Crippen LogP contribution in [0.15, 0.2) is 77.3 Å². The Kier molecular flexibility index (Phi) is 6.58. The minimum absolute atomic E-state index is 0.318. The van der Waals surface area contributed by atoms with E-state index in [-0.39, 0.29) is 5.91 Å². The van der Waals surface area contributed by atoms with Gasteiger partial charge in [-0.25, -0.2) is 8.42 Å². The van der Waals surface area contributed by atoms with Crippen molar-refractivity contribution >= 4 is 43.5 Å². The highest BCUT2D eigenvalue weighted by Crippen LogP contribution is 2.42. The lowest BCUT2D eigenvalue weighted by Crippen LogP contribution is -2.25. The van der Waals surface area contributed by atoms with Gasteiger partial charge in [0.1, 0.15) is 17.0 Å². The maximum atomic E-state index is 13.2. The molecule has 42 heavy (non-hydrogen) atoms. The van der Waals surface area contributed by atoms with E-state index in [0.29, 0.717) is 44.8 Å². The Balaban J connectivity index is 1.62. The van der Waals surface area contributed by atoms with E-state index in [1.807, 2.05) is 68.4 Å². The first-order valence-electron chi connectivity index (χ1n) is 13.3. The van der Waals surface area contributed by atoms with Crippen LogP contribution in [-0.2, 0) is 10.0 Å². The monoisotopic (exact) mass is 579 g/mol. The molecule has 3 aromatic heterocycles. The highest BCUT2D eigenvalue weighted by atomic mass is 32.2. The summed E-state index contributed by atoms with van der Waals surface area (Å²) in [7, 11) is -0.601. The van der Waals surface area contributed by atoms with Crippen LogP contribution in [0, 0.1) is 13.8 Å². The summed E-state index contributed by atoms with van der Waals surface area (Å²) >= 11 is 0. The Morgan fingerprint density at radius 3 is 2.40 bits per heavy atom. The first-order valence-corrected chi connectivity index (χ1v) is 15.2. The van der Waals surface area contributed by atoms with Crippen molar-refractivity contribution in [3.05, 3.63) is 89.6 Å². The number of hydrogen-bond acceptors (Lipinski definition) is 6. The molecule has 0 fully saturated rings. The van der Waals surface area contributed by atoms with Gasteiger partial charge in [-0.3, -0.25) is 9.10 Å². The molecular formula is C32H29N5O4S. The van der Waals surface area contributed by atoms with Crippen molar-refractivity contribution in [2.45, 2.75) is 13.8 Å². The predicted octanol–water partition coefficient (Wildman–Crippen LogP) is 6.08. The molecule has 6 aromatic rings. The summed E-state index contributed by atoms with van der Waals surface area (Å²) in [6.45, 7) is 4.00. The van der Waals surface area contributed by atoms with Gasteiger partial charge in [0.15, 0.2) is 0 Å². The van der Waals surface area contributed by atoms with Crippen LogP contribution in [0.2, 0.25) is 0 Å². The standard InChI is InChI=1S/C32H29N5O4S/c1-18-10-12-20(13-11-18)31-29(32(38)33-3)24-15-23(27(16-28(24)41-31)37(4)42(5,39)40)21-14-26(36-34-17-21)30-19(2)22-8-6-7-9-25(22)35-30/h6-17,35H,1-5H3,(H,33,38). The number of amides is 1. The van der Waals surface area contributed by atoms with E-state index in [0.717, 1.165) is 39.5 Å². The van der Waals surface area contributed by atoms with Crippen LogP contribution in [-0.4, -0.2) is 49.9 Å². The zero-order valence-corrected chi connectivity index (χ0v) is 24.6. The smallest absolute Gasteiger partial charge is 0.255 e. The van der Waals surface area contributed by atoms with Crippen molar-refractivity contribution in [3.8, 4) is 33.8 Å². The number of fused-ring (bicyclic) bond motifs is 2. The summed E-state index contributed by atoms with van der Waals surface area (Å²) in [5.41, 5.74) is 7.55. The maximum absolute atomic E-state index is 13.2. The highest BCUT2D eigenvalue weighted by Gasteiger charge is 2.26. The number of carbonyl (C=O) groups excluding carboxylic acids is 1. The number of hydrogen-bond donors (Lipinski definition) is 2. The number of sulfonamides is 1. The average Bonchev–Trinajstić information content (AvgIpc) is 3.53. The molecule has 0 spiro atoms. The van der Waals surface area contributed by atoms with Crippen LogP contribution in [0.1, 0.15) is 21.5 Å².